The van der Waals surface area contributed by atoms with Gasteiger partial charge in [0.05, 0.1) is 0 Å². The van der Waals surface area contributed by atoms with Crippen molar-refractivity contribution in [3.05, 3.63) is 0 Å². The smallest absolute Gasteiger partial charge is 0.223 e. The van der Waals surface area contributed by atoms with E-state index in [2.05, 4.69) is 12.2 Å². The molecule has 0 saturated heterocycles. The Morgan fingerprint density at radius 2 is 1.94 bits per heavy atom. The maximum Gasteiger partial charge on any atom is 0.223 e. The molecule has 0 aromatic heterocycles. The minimum atomic E-state index is -0.854. The number of hydrogen-bond donors (Lipinski definition) is 1. The van der Waals surface area contributed by atoms with Crippen LogP contribution in [0, 0.1) is 11.8 Å². The third-order valence-corrected chi connectivity index (χ3v) is 5.23. The highest BCUT2D eigenvalue weighted by atomic mass is 32.2. The average Bonchev–Trinajstić information content (AvgIpc) is 2.35. The first-order valence-electron chi connectivity index (χ1n) is 6.64. The van der Waals surface area contributed by atoms with Gasteiger partial charge in [-0.25, -0.2) is 0 Å². The van der Waals surface area contributed by atoms with Crippen molar-refractivity contribution in [2.45, 2.75) is 51.2 Å². The summed E-state index contributed by atoms with van der Waals surface area (Å²) in [6, 6.07) is 0. The standard InChI is InChI=1S/C13H25NO2S/c1-4-11-5-7-12(8-6-11)13(15)14-9-10(2)17(3)16/h10-12H,4-9H2,1-3H3,(H,14,15)/t10-,11?,12?,17-/m0/s1. The lowest BCUT2D eigenvalue weighted by Crippen LogP contribution is -2.38. The molecule has 0 aromatic rings. The van der Waals surface area contributed by atoms with Crippen LogP contribution >= 0.6 is 0 Å². The fourth-order valence-corrected chi connectivity index (χ4v) is 2.66. The topological polar surface area (TPSA) is 46.2 Å². The van der Waals surface area contributed by atoms with E-state index in [1.54, 1.807) is 6.26 Å². The van der Waals surface area contributed by atoms with E-state index in [0.29, 0.717) is 6.54 Å². The van der Waals surface area contributed by atoms with Gasteiger partial charge in [0, 0.05) is 34.8 Å². The molecule has 17 heavy (non-hydrogen) atoms. The summed E-state index contributed by atoms with van der Waals surface area (Å²) >= 11 is 0. The molecule has 3 nitrogen and oxygen atoms in total. The Kier molecular flexibility index (Phi) is 6.17. The van der Waals surface area contributed by atoms with Crippen molar-refractivity contribution in [3.63, 3.8) is 0 Å². The summed E-state index contributed by atoms with van der Waals surface area (Å²) in [5, 5.41) is 2.98. The summed E-state index contributed by atoms with van der Waals surface area (Å²) < 4.78 is 11.2. The molecular formula is C13H25NO2S. The average molecular weight is 259 g/mol. The second-order valence-corrected chi connectivity index (χ2v) is 6.98. The molecule has 0 heterocycles. The summed E-state index contributed by atoms with van der Waals surface area (Å²) in [7, 11) is -0.854. The summed E-state index contributed by atoms with van der Waals surface area (Å²) in [5.41, 5.74) is 0. The lowest BCUT2D eigenvalue weighted by atomic mass is 9.80. The van der Waals surface area contributed by atoms with E-state index in [0.717, 1.165) is 18.8 Å². The zero-order valence-electron chi connectivity index (χ0n) is 11.2. The molecule has 1 aliphatic rings. The Hall–Kier alpha value is -0.380. The second-order valence-electron chi connectivity index (χ2n) is 5.18. The summed E-state index contributed by atoms with van der Waals surface area (Å²) in [5.74, 6) is 1.17. The van der Waals surface area contributed by atoms with Crippen LogP contribution in [0.3, 0.4) is 0 Å². The van der Waals surface area contributed by atoms with Crippen molar-refractivity contribution < 1.29 is 9.00 Å². The minimum Gasteiger partial charge on any atom is -0.355 e. The van der Waals surface area contributed by atoms with Crippen LogP contribution in [-0.4, -0.2) is 28.2 Å². The van der Waals surface area contributed by atoms with E-state index in [4.69, 9.17) is 0 Å². The highest BCUT2D eigenvalue weighted by Crippen LogP contribution is 2.30. The third-order valence-electron chi connectivity index (χ3n) is 3.93. The Bertz CT molecular complexity index is 273. The van der Waals surface area contributed by atoms with Gasteiger partial charge in [0.25, 0.3) is 0 Å². The lowest BCUT2D eigenvalue weighted by Gasteiger charge is -2.27. The van der Waals surface area contributed by atoms with Crippen LogP contribution in [0.5, 0.6) is 0 Å². The maximum absolute atomic E-state index is 11.9. The number of rotatable bonds is 5. The van der Waals surface area contributed by atoms with Gasteiger partial charge in [0.1, 0.15) is 0 Å². The highest BCUT2D eigenvalue weighted by molar-refractivity contribution is 7.84. The minimum absolute atomic E-state index is 0.0472. The Labute approximate surface area is 107 Å². The molecule has 2 atom stereocenters. The van der Waals surface area contributed by atoms with Crippen LogP contribution in [0.1, 0.15) is 46.0 Å². The molecule has 0 aromatic carbocycles. The predicted molar refractivity (Wildman–Crippen MR) is 72.3 cm³/mol. The van der Waals surface area contributed by atoms with E-state index >= 15 is 0 Å². The molecule has 1 fully saturated rings. The number of carbonyl (C=O) groups is 1. The Morgan fingerprint density at radius 1 is 1.35 bits per heavy atom. The molecule has 1 aliphatic carbocycles. The molecular weight excluding hydrogens is 234 g/mol. The van der Waals surface area contributed by atoms with Crippen LogP contribution < -0.4 is 5.32 Å². The largest absolute Gasteiger partial charge is 0.355 e. The first-order valence-corrected chi connectivity index (χ1v) is 8.26. The van der Waals surface area contributed by atoms with Gasteiger partial charge in [-0.1, -0.05) is 13.3 Å². The first-order chi connectivity index (χ1) is 8.04. The fourth-order valence-electron chi connectivity index (χ4n) is 2.34. The molecule has 1 rings (SSSR count). The summed E-state index contributed by atoms with van der Waals surface area (Å²) in [4.78, 5) is 11.9. The van der Waals surface area contributed by atoms with Crippen LogP contribution in [0.4, 0.5) is 0 Å². The zero-order valence-corrected chi connectivity index (χ0v) is 12.0. The van der Waals surface area contributed by atoms with Crippen molar-refractivity contribution in [1.29, 1.82) is 0 Å². The van der Waals surface area contributed by atoms with E-state index in [9.17, 15) is 9.00 Å². The number of amides is 1. The molecule has 1 amide bonds. The van der Waals surface area contributed by atoms with E-state index in [1.165, 1.54) is 19.3 Å². The zero-order chi connectivity index (χ0) is 12.8. The molecule has 4 heteroatoms. The van der Waals surface area contributed by atoms with Gasteiger partial charge >= 0.3 is 0 Å². The van der Waals surface area contributed by atoms with E-state index in [1.807, 2.05) is 6.92 Å². The molecule has 0 spiro atoms. The third kappa shape index (κ3) is 4.78. The molecule has 0 aliphatic heterocycles. The van der Waals surface area contributed by atoms with Crippen molar-refractivity contribution in [2.75, 3.05) is 12.8 Å². The van der Waals surface area contributed by atoms with Crippen LogP contribution in [0.25, 0.3) is 0 Å². The molecule has 0 unspecified atom stereocenters. The van der Waals surface area contributed by atoms with Gasteiger partial charge in [0.15, 0.2) is 0 Å². The van der Waals surface area contributed by atoms with Crippen molar-refractivity contribution in [1.82, 2.24) is 5.32 Å². The van der Waals surface area contributed by atoms with Crippen LogP contribution in [0.2, 0.25) is 0 Å². The van der Waals surface area contributed by atoms with Crippen LogP contribution in [-0.2, 0) is 15.6 Å². The fraction of sp³-hybridized carbons (Fsp3) is 0.923. The molecule has 100 valence electrons. The van der Waals surface area contributed by atoms with E-state index < -0.39 is 10.8 Å². The number of hydrogen-bond acceptors (Lipinski definition) is 2. The van der Waals surface area contributed by atoms with E-state index in [-0.39, 0.29) is 17.1 Å². The predicted octanol–water partition coefficient (Wildman–Crippen LogP) is 2.09. The van der Waals surface area contributed by atoms with Crippen molar-refractivity contribution in [2.24, 2.45) is 11.8 Å². The normalized spacial score (nSPS) is 28.4. The van der Waals surface area contributed by atoms with Gasteiger partial charge in [-0.05, 0) is 38.5 Å². The Morgan fingerprint density at radius 3 is 2.41 bits per heavy atom. The molecule has 1 N–H and O–H groups in total. The molecule has 0 bridgehead atoms. The lowest BCUT2D eigenvalue weighted by molar-refractivity contribution is -0.126. The van der Waals surface area contributed by atoms with Gasteiger partial charge in [0.2, 0.25) is 5.91 Å². The molecule has 1 saturated carbocycles. The van der Waals surface area contributed by atoms with Crippen molar-refractivity contribution in [3.8, 4) is 0 Å². The van der Waals surface area contributed by atoms with Crippen molar-refractivity contribution >= 4 is 16.7 Å². The Balaban J connectivity index is 2.27. The quantitative estimate of drug-likeness (QED) is 0.821. The summed E-state index contributed by atoms with van der Waals surface area (Å²) in [6.07, 6.45) is 7.33. The second kappa shape index (κ2) is 7.14. The van der Waals surface area contributed by atoms with Gasteiger partial charge in [-0.15, -0.1) is 0 Å². The maximum atomic E-state index is 11.9. The summed E-state index contributed by atoms with van der Waals surface area (Å²) in [6.45, 7) is 4.67. The first kappa shape index (κ1) is 14.7. The SMILES string of the molecule is CCC1CCC(C(=O)NC[C@H](C)[S@](C)=O)CC1. The monoisotopic (exact) mass is 259 g/mol. The van der Waals surface area contributed by atoms with Crippen LogP contribution in [0.15, 0.2) is 0 Å². The van der Waals surface area contributed by atoms with Gasteiger partial charge in [-0.3, -0.25) is 9.00 Å². The number of nitrogens with one attached hydrogen (secondary N) is 1. The molecule has 0 radical (unpaired) electrons. The van der Waals surface area contributed by atoms with Gasteiger partial charge < -0.3 is 5.32 Å². The van der Waals surface area contributed by atoms with Gasteiger partial charge in [-0.2, -0.15) is 0 Å². The number of carbonyl (C=O) groups excluding carboxylic acids is 1. The highest BCUT2D eigenvalue weighted by Gasteiger charge is 2.25.